The molecule has 0 amide bonds. The van der Waals surface area contributed by atoms with E-state index in [2.05, 4.69) is 20.8 Å². The van der Waals surface area contributed by atoms with Gasteiger partial charge in [0.25, 0.3) is 0 Å². The number of tetrazole rings is 1. The largest absolute Gasteiger partial charge is 0.394 e. The number of nitrogens with one attached hydrogen (secondary N) is 1. The van der Waals surface area contributed by atoms with Gasteiger partial charge in [-0.05, 0) is 36.4 Å². The van der Waals surface area contributed by atoms with E-state index in [1.165, 1.54) is 5.56 Å². The molecule has 0 aliphatic heterocycles. The Bertz CT molecular complexity index is 479. The number of anilines is 1. The maximum atomic E-state index is 8.99. The maximum Gasteiger partial charge on any atom is 0.248 e. The van der Waals surface area contributed by atoms with E-state index in [9.17, 15) is 0 Å². The fraction of sp³-hybridized carbons (Fsp3) is 0.364. The van der Waals surface area contributed by atoms with Crippen molar-refractivity contribution < 1.29 is 5.11 Å². The van der Waals surface area contributed by atoms with Gasteiger partial charge in [0, 0.05) is 6.04 Å². The summed E-state index contributed by atoms with van der Waals surface area (Å²) in [6.07, 6.45) is 0. The molecular formula is C11H15N5O. The van der Waals surface area contributed by atoms with E-state index >= 15 is 0 Å². The van der Waals surface area contributed by atoms with Gasteiger partial charge in [0.2, 0.25) is 5.95 Å². The fourth-order valence-corrected chi connectivity index (χ4v) is 1.40. The first-order valence-electron chi connectivity index (χ1n) is 5.43. The molecule has 2 rings (SSSR count). The van der Waals surface area contributed by atoms with Crippen molar-refractivity contribution in [3.8, 4) is 5.69 Å². The summed E-state index contributed by atoms with van der Waals surface area (Å²) >= 11 is 0. The van der Waals surface area contributed by atoms with Gasteiger partial charge >= 0.3 is 0 Å². The summed E-state index contributed by atoms with van der Waals surface area (Å²) < 4.78 is 1.60. The Morgan fingerprint density at radius 3 is 2.71 bits per heavy atom. The molecule has 1 aromatic heterocycles. The lowest BCUT2D eigenvalue weighted by molar-refractivity contribution is 0.281. The third kappa shape index (κ3) is 2.59. The van der Waals surface area contributed by atoms with Crippen molar-refractivity contribution in [1.29, 1.82) is 0 Å². The Morgan fingerprint density at radius 1 is 1.35 bits per heavy atom. The monoisotopic (exact) mass is 233 g/mol. The van der Waals surface area contributed by atoms with E-state index in [0.717, 1.165) is 5.69 Å². The molecule has 1 aromatic carbocycles. The number of aliphatic hydroxyl groups excluding tert-OH is 1. The zero-order valence-electron chi connectivity index (χ0n) is 9.83. The maximum absolute atomic E-state index is 8.99. The van der Waals surface area contributed by atoms with Gasteiger partial charge in [-0.15, -0.1) is 0 Å². The minimum atomic E-state index is -0.0924. The summed E-state index contributed by atoms with van der Waals surface area (Å²) in [6, 6.07) is 7.79. The molecule has 0 radical (unpaired) electrons. The van der Waals surface area contributed by atoms with Gasteiger partial charge in [-0.25, -0.2) is 0 Å². The van der Waals surface area contributed by atoms with Crippen molar-refractivity contribution in [3.05, 3.63) is 29.8 Å². The molecule has 0 aliphatic carbocycles. The summed E-state index contributed by atoms with van der Waals surface area (Å²) in [6.45, 7) is 3.91. The normalized spacial score (nSPS) is 12.4. The Kier molecular flexibility index (Phi) is 3.34. The van der Waals surface area contributed by atoms with E-state index in [0.29, 0.717) is 5.95 Å². The smallest absolute Gasteiger partial charge is 0.248 e. The number of aromatic nitrogens is 4. The fourth-order valence-electron chi connectivity index (χ4n) is 1.40. The number of aryl methyl sites for hydroxylation is 1. The van der Waals surface area contributed by atoms with Crippen LogP contribution in [0.3, 0.4) is 0 Å². The van der Waals surface area contributed by atoms with Crippen molar-refractivity contribution in [1.82, 2.24) is 20.2 Å². The third-order valence-corrected chi connectivity index (χ3v) is 2.40. The zero-order valence-corrected chi connectivity index (χ0v) is 9.83. The lowest BCUT2D eigenvalue weighted by atomic mass is 10.2. The van der Waals surface area contributed by atoms with Gasteiger partial charge in [0.05, 0.1) is 12.3 Å². The molecule has 17 heavy (non-hydrogen) atoms. The Labute approximate surface area is 99.3 Å². The molecule has 0 bridgehead atoms. The molecule has 6 heteroatoms. The van der Waals surface area contributed by atoms with Gasteiger partial charge < -0.3 is 10.4 Å². The average molecular weight is 233 g/mol. The van der Waals surface area contributed by atoms with Crippen molar-refractivity contribution in [2.24, 2.45) is 0 Å². The summed E-state index contributed by atoms with van der Waals surface area (Å²) in [5.41, 5.74) is 2.06. The molecule has 1 atom stereocenters. The minimum Gasteiger partial charge on any atom is -0.394 e. The molecule has 0 aliphatic rings. The third-order valence-electron chi connectivity index (χ3n) is 2.40. The molecule has 2 aromatic rings. The van der Waals surface area contributed by atoms with Crippen LogP contribution in [0.5, 0.6) is 0 Å². The SMILES string of the molecule is Cc1ccc(-n2nnnc2NC(C)CO)cc1. The highest BCUT2D eigenvalue weighted by atomic mass is 16.3. The lowest BCUT2D eigenvalue weighted by Crippen LogP contribution is -2.21. The van der Waals surface area contributed by atoms with E-state index < -0.39 is 0 Å². The Balaban J connectivity index is 2.27. The molecule has 0 spiro atoms. The molecule has 6 nitrogen and oxygen atoms in total. The number of aliphatic hydroxyl groups is 1. The van der Waals surface area contributed by atoms with Crippen molar-refractivity contribution in [3.63, 3.8) is 0 Å². The van der Waals surface area contributed by atoms with Crippen LogP contribution in [-0.4, -0.2) is 38.0 Å². The Hall–Kier alpha value is -1.95. The highest BCUT2D eigenvalue weighted by Crippen LogP contribution is 2.12. The van der Waals surface area contributed by atoms with E-state index in [4.69, 9.17) is 5.11 Å². The lowest BCUT2D eigenvalue weighted by Gasteiger charge is -2.11. The highest BCUT2D eigenvalue weighted by molar-refractivity contribution is 5.40. The number of hydrogen-bond donors (Lipinski definition) is 2. The first-order chi connectivity index (χ1) is 8.20. The molecule has 2 N–H and O–H groups in total. The van der Waals surface area contributed by atoms with Gasteiger partial charge in [-0.2, -0.15) is 4.68 Å². The predicted octanol–water partition coefficient (Wildman–Crippen LogP) is 0.763. The van der Waals surface area contributed by atoms with E-state index in [-0.39, 0.29) is 12.6 Å². The molecule has 0 saturated heterocycles. The summed E-state index contributed by atoms with van der Waals surface area (Å²) in [5.74, 6) is 0.524. The van der Waals surface area contributed by atoms with E-state index in [1.54, 1.807) is 4.68 Å². The molecular weight excluding hydrogens is 218 g/mol. The van der Waals surface area contributed by atoms with Crippen LogP contribution in [0.1, 0.15) is 12.5 Å². The number of benzene rings is 1. The minimum absolute atomic E-state index is 0.0285. The van der Waals surface area contributed by atoms with Gasteiger partial charge in [0.1, 0.15) is 0 Å². The molecule has 90 valence electrons. The second-order valence-corrected chi connectivity index (χ2v) is 3.98. The van der Waals surface area contributed by atoms with Gasteiger partial charge in [-0.3, -0.25) is 0 Å². The van der Waals surface area contributed by atoms with Gasteiger partial charge in [-0.1, -0.05) is 22.8 Å². The predicted molar refractivity (Wildman–Crippen MR) is 64.1 cm³/mol. The summed E-state index contributed by atoms with van der Waals surface area (Å²) in [4.78, 5) is 0. The van der Waals surface area contributed by atoms with Crippen LogP contribution in [0, 0.1) is 6.92 Å². The number of rotatable bonds is 4. The van der Waals surface area contributed by atoms with Crippen LogP contribution < -0.4 is 5.32 Å². The van der Waals surface area contributed by atoms with Crippen molar-refractivity contribution >= 4 is 5.95 Å². The van der Waals surface area contributed by atoms with Crippen LogP contribution >= 0.6 is 0 Å². The summed E-state index contributed by atoms with van der Waals surface area (Å²) in [5, 5.41) is 23.4. The second kappa shape index (κ2) is 4.92. The molecule has 0 saturated carbocycles. The van der Waals surface area contributed by atoms with Crippen LogP contribution in [0.2, 0.25) is 0 Å². The van der Waals surface area contributed by atoms with Crippen molar-refractivity contribution in [2.45, 2.75) is 19.9 Å². The number of nitrogens with zero attached hydrogens (tertiary/aromatic N) is 4. The first kappa shape index (κ1) is 11.5. The van der Waals surface area contributed by atoms with Gasteiger partial charge in [0.15, 0.2) is 0 Å². The van der Waals surface area contributed by atoms with Crippen LogP contribution in [-0.2, 0) is 0 Å². The van der Waals surface area contributed by atoms with Crippen molar-refractivity contribution in [2.75, 3.05) is 11.9 Å². The molecule has 0 fully saturated rings. The Morgan fingerprint density at radius 2 is 2.06 bits per heavy atom. The highest BCUT2D eigenvalue weighted by Gasteiger charge is 2.10. The molecule has 1 heterocycles. The first-order valence-corrected chi connectivity index (χ1v) is 5.43. The van der Waals surface area contributed by atoms with Crippen LogP contribution in [0.25, 0.3) is 5.69 Å². The average Bonchev–Trinajstić information content (AvgIpc) is 2.78. The quantitative estimate of drug-likeness (QED) is 0.815. The second-order valence-electron chi connectivity index (χ2n) is 3.98. The standard InChI is InChI=1S/C11H15N5O/c1-8-3-5-10(6-4-8)16-11(13-14-15-16)12-9(2)7-17/h3-6,9,17H,7H2,1-2H3,(H,12,13,15). The zero-order chi connectivity index (χ0) is 12.3. The molecule has 1 unspecified atom stereocenters. The van der Waals surface area contributed by atoms with Crippen LogP contribution in [0.15, 0.2) is 24.3 Å². The topological polar surface area (TPSA) is 75.9 Å². The number of hydrogen-bond acceptors (Lipinski definition) is 5. The van der Waals surface area contributed by atoms with Crippen LogP contribution in [0.4, 0.5) is 5.95 Å². The summed E-state index contributed by atoms with van der Waals surface area (Å²) in [7, 11) is 0. The van der Waals surface area contributed by atoms with E-state index in [1.807, 2.05) is 38.1 Å².